The lowest BCUT2D eigenvalue weighted by molar-refractivity contribution is 0.119. The van der Waals surface area contributed by atoms with Gasteiger partial charge in [0, 0.05) is 13.2 Å². The van der Waals surface area contributed by atoms with Crippen molar-refractivity contribution in [2.45, 2.75) is 51.2 Å². The van der Waals surface area contributed by atoms with Gasteiger partial charge < -0.3 is 10.1 Å². The van der Waals surface area contributed by atoms with Crippen LogP contribution in [0.25, 0.3) is 0 Å². The van der Waals surface area contributed by atoms with Crippen LogP contribution >= 0.6 is 0 Å². The number of ether oxygens (including phenoxy) is 1. The highest BCUT2D eigenvalue weighted by molar-refractivity contribution is 5.24. The van der Waals surface area contributed by atoms with Gasteiger partial charge in [0.25, 0.3) is 0 Å². The summed E-state index contributed by atoms with van der Waals surface area (Å²) in [6.07, 6.45) is 6.49. The molecule has 0 aliphatic carbocycles. The number of nitrogens with one attached hydrogen (secondary N) is 1. The average molecular weight is 247 g/mol. The molecule has 0 radical (unpaired) electrons. The van der Waals surface area contributed by atoms with E-state index >= 15 is 0 Å². The second kappa shape index (κ2) is 6.91. The Morgan fingerprint density at radius 2 is 2.17 bits per heavy atom. The maximum atomic E-state index is 5.33. The van der Waals surface area contributed by atoms with Gasteiger partial charge in [0.2, 0.25) is 0 Å². The Morgan fingerprint density at radius 3 is 2.89 bits per heavy atom. The maximum Gasteiger partial charge on any atom is 0.0583 e. The lowest BCUT2D eigenvalue weighted by Crippen LogP contribution is -2.35. The molecule has 1 fully saturated rings. The van der Waals surface area contributed by atoms with Gasteiger partial charge in [-0.05, 0) is 50.3 Å². The summed E-state index contributed by atoms with van der Waals surface area (Å²) in [5.41, 5.74) is 2.84. The van der Waals surface area contributed by atoms with Crippen LogP contribution in [0.4, 0.5) is 0 Å². The van der Waals surface area contributed by atoms with Crippen LogP contribution in [-0.2, 0) is 17.6 Å². The minimum absolute atomic E-state index is 0.299. The van der Waals surface area contributed by atoms with E-state index in [1.807, 2.05) is 0 Å². The molecule has 0 amide bonds. The van der Waals surface area contributed by atoms with Gasteiger partial charge >= 0.3 is 0 Å². The van der Waals surface area contributed by atoms with Crippen molar-refractivity contribution in [3.8, 4) is 0 Å². The SMILES string of the molecule is COC(C)Cc1cccc(CC2CCCCN2)c1. The number of piperidine rings is 1. The second-order valence-electron chi connectivity index (χ2n) is 5.42. The summed E-state index contributed by atoms with van der Waals surface area (Å²) in [7, 11) is 1.78. The Labute approximate surface area is 111 Å². The number of benzene rings is 1. The normalized spacial score (nSPS) is 21.8. The summed E-state index contributed by atoms with van der Waals surface area (Å²) in [5.74, 6) is 0. The highest BCUT2D eigenvalue weighted by Crippen LogP contribution is 2.15. The average Bonchev–Trinajstić information content (AvgIpc) is 2.40. The molecule has 1 heterocycles. The van der Waals surface area contributed by atoms with Gasteiger partial charge in [0.15, 0.2) is 0 Å². The zero-order valence-corrected chi connectivity index (χ0v) is 11.6. The van der Waals surface area contributed by atoms with Gasteiger partial charge in [0.05, 0.1) is 6.10 Å². The lowest BCUT2D eigenvalue weighted by Gasteiger charge is -2.23. The van der Waals surface area contributed by atoms with Crippen LogP contribution in [0.2, 0.25) is 0 Å². The van der Waals surface area contributed by atoms with Crippen LogP contribution in [0, 0.1) is 0 Å². The summed E-state index contributed by atoms with van der Waals surface area (Å²) in [4.78, 5) is 0. The van der Waals surface area contributed by atoms with E-state index in [4.69, 9.17) is 4.74 Å². The first-order valence-electron chi connectivity index (χ1n) is 7.12. The molecule has 1 N–H and O–H groups in total. The van der Waals surface area contributed by atoms with Gasteiger partial charge in [-0.2, -0.15) is 0 Å². The summed E-state index contributed by atoms with van der Waals surface area (Å²) in [6.45, 7) is 3.31. The van der Waals surface area contributed by atoms with Gasteiger partial charge in [-0.25, -0.2) is 0 Å². The Kier molecular flexibility index (Phi) is 5.21. The molecule has 2 unspecified atom stereocenters. The first kappa shape index (κ1) is 13.6. The predicted molar refractivity (Wildman–Crippen MR) is 76.0 cm³/mol. The highest BCUT2D eigenvalue weighted by atomic mass is 16.5. The Balaban J connectivity index is 1.93. The van der Waals surface area contributed by atoms with Crippen molar-refractivity contribution in [2.24, 2.45) is 0 Å². The molecule has 0 saturated carbocycles. The summed E-state index contributed by atoms with van der Waals surface area (Å²) in [6, 6.07) is 9.64. The molecule has 1 aromatic carbocycles. The second-order valence-corrected chi connectivity index (χ2v) is 5.42. The van der Waals surface area contributed by atoms with E-state index in [9.17, 15) is 0 Å². The van der Waals surface area contributed by atoms with E-state index in [1.165, 1.54) is 36.9 Å². The topological polar surface area (TPSA) is 21.3 Å². The molecule has 0 bridgehead atoms. The molecule has 0 aromatic heterocycles. The largest absolute Gasteiger partial charge is 0.381 e. The first-order valence-corrected chi connectivity index (χ1v) is 7.12. The van der Waals surface area contributed by atoms with Crippen LogP contribution in [0.15, 0.2) is 24.3 Å². The summed E-state index contributed by atoms with van der Waals surface area (Å²) >= 11 is 0. The van der Waals surface area contributed by atoms with Gasteiger partial charge in [0.1, 0.15) is 0 Å². The van der Waals surface area contributed by atoms with E-state index in [2.05, 4.69) is 36.5 Å². The third-order valence-electron chi connectivity index (χ3n) is 3.81. The Morgan fingerprint density at radius 1 is 1.33 bits per heavy atom. The molecule has 2 nitrogen and oxygen atoms in total. The van der Waals surface area contributed by atoms with Crippen molar-refractivity contribution < 1.29 is 4.74 Å². The van der Waals surface area contributed by atoms with E-state index in [1.54, 1.807) is 7.11 Å². The van der Waals surface area contributed by atoms with Crippen LogP contribution in [-0.4, -0.2) is 25.8 Å². The number of methoxy groups -OCH3 is 1. The fourth-order valence-electron chi connectivity index (χ4n) is 2.68. The molecule has 1 aromatic rings. The third kappa shape index (κ3) is 4.11. The van der Waals surface area contributed by atoms with Gasteiger partial charge in [-0.3, -0.25) is 0 Å². The van der Waals surface area contributed by atoms with Gasteiger partial charge in [-0.1, -0.05) is 30.7 Å². The van der Waals surface area contributed by atoms with Gasteiger partial charge in [-0.15, -0.1) is 0 Å². The standard InChI is InChI=1S/C16H25NO/c1-13(18-2)10-14-6-5-7-15(11-14)12-16-8-3-4-9-17-16/h5-7,11,13,16-17H,3-4,8-10,12H2,1-2H3. The summed E-state index contributed by atoms with van der Waals surface area (Å²) in [5, 5.41) is 3.61. The van der Waals surface area contributed by atoms with Crippen LogP contribution in [0.3, 0.4) is 0 Å². The lowest BCUT2D eigenvalue weighted by atomic mass is 9.96. The quantitative estimate of drug-likeness (QED) is 0.864. The number of hydrogen-bond donors (Lipinski definition) is 1. The molecule has 2 rings (SSSR count). The zero-order valence-electron chi connectivity index (χ0n) is 11.6. The van der Waals surface area contributed by atoms with Crippen LogP contribution in [0.5, 0.6) is 0 Å². The van der Waals surface area contributed by atoms with Crippen molar-refractivity contribution >= 4 is 0 Å². The molecule has 1 aliphatic rings. The minimum atomic E-state index is 0.299. The molecule has 18 heavy (non-hydrogen) atoms. The molecule has 1 saturated heterocycles. The van der Waals surface area contributed by atoms with Crippen molar-refractivity contribution in [3.05, 3.63) is 35.4 Å². The molecule has 1 aliphatic heterocycles. The van der Waals surface area contributed by atoms with E-state index in [0.29, 0.717) is 12.1 Å². The monoisotopic (exact) mass is 247 g/mol. The molecule has 0 spiro atoms. The maximum absolute atomic E-state index is 5.33. The van der Waals surface area contributed by atoms with Crippen molar-refractivity contribution in [1.29, 1.82) is 0 Å². The van der Waals surface area contributed by atoms with E-state index < -0.39 is 0 Å². The summed E-state index contributed by atoms with van der Waals surface area (Å²) < 4.78 is 5.33. The Bertz CT molecular complexity index is 358. The minimum Gasteiger partial charge on any atom is -0.381 e. The smallest absolute Gasteiger partial charge is 0.0583 e. The first-order chi connectivity index (χ1) is 8.78. The van der Waals surface area contributed by atoms with Crippen LogP contribution < -0.4 is 5.32 Å². The van der Waals surface area contributed by atoms with Crippen molar-refractivity contribution in [1.82, 2.24) is 5.32 Å². The molecular weight excluding hydrogens is 222 g/mol. The number of hydrogen-bond acceptors (Lipinski definition) is 2. The molecule has 2 heteroatoms. The van der Waals surface area contributed by atoms with Crippen LogP contribution in [0.1, 0.15) is 37.3 Å². The highest BCUT2D eigenvalue weighted by Gasteiger charge is 2.13. The third-order valence-corrected chi connectivity index (χ3v) is 3.81. The predicted octanol–water partition coefficient (Wildman–Crippen LogP) is 2.95. The van der Waals surface area contributed by atoms with Crippen molar-refractivity contribution in [2.75, 3.05) is 13.7 Å². The zero-order chi connectivity index (χ0) is 12.8. The molecular formula is C16H25NO. The van der Waals surface area contributed by atoms with E-state index in [0.717, 1.165) is 12.8 Å². The number of rotatable bonds is 5. The van der Waals surface area contributed by atoms with E-state index in [-0.39, 0.29) is 0 Å². The molecule has 100 valence electrons. The fraction of sp³-hybridized carbons (Fsp3) is 0.625. The Hall–Kier alpha value is -0.860. The molecule has 2 atom stereocenters. The fourth-order valence-corrected chi connectivity index (χ4v) is 2.68. The van der Waals surface area contributed by atoms with Crippen molar-refractivity contribution in [3.63, 3.8) is 0 Å².